The van der Waals surface area contributed by atoms with Crippen LogP contribution in [0.5, 0.6) is 0 Å². The summed E-state index contributed by atoms with van der Waals surface area (Å²) in [5.74, 6) is -0.895. The Morgan fingerprint density at radius 2 is 2.44 bits per heavy atom. The largest absolute Gasteiger partial charge is 0.480 e. The lowest BCUT2D eigenvalue weighted by atomic mass is 10.2. The van der Waals surface area contributed by atoms with Crippen molar-refractivity contribution in [3.05, 3.63) is 0 Å². The van der Waals surface area contributed by atoms with Crippen molar-refractivity contribution >= 4 is 15.5 Å². The van der Waals surface area contributed by atoms with Crippen molar-refractivity contribution in [2.75, 3.05) is 0 Å². The van der Waals surface area contributed by atoms with Gasteiger partial charge in [-0.05, 0) is 6.42 Å². The van der Waals surface area contributed by atoms with Crippen LogP contribution < -0.4 is 5.73 Å². The normalized spacial score (nSPS) is 13.1. The molecule has 0 saturated heterocycles. The van der Waals surface area contributed by atoms with Gasteiger partial charge in [-0.2, -0.15) is 0 Å². The maximum atomic E-state index is 10.1. The van der Waals surface area contributed by atoms with Crippen molar-refractivity contribution in [3.63, 3.8) is 0 Å². The monoisotopic (exact) mass is 145 g/mol. The van der Waals surface area contributed by atoms with E-state index in [9.17, 15) is 4.79 Å². The van der Waals surface area contributed by atoms with Crippen LogP contribution >= 0.6 is 0 Å². The lowest BCUT2D eigenvalue weighted by molar-refractivity contribution is -0.138. The molecule has 2 radical (unpaired) electrons. The zero-order chi connectivity index (χ0) is 7.28. The Morgan fingerprint density at radius 1 is 1.89 bits per heavy atom. The number of carboxylic acids is 1. The van der Waals surface area contributed by atoms with E-state index in [0.29, 0.717) is 6.42 Å². The van der Waals surface area contributed by atoms with Crippen LogP contribution in [0.4, 0.5) is 0 Å². The smallest absolute Gasteiger partial charge is 0.320 e. The summed E-state index contributed by atoms with van der Waals surface area (Å²) in [5, 5.41) is 8.29. The second-order valence-corrected chi connectivity index (χ2v) is 3.04. The molecule has 4 heteroatoms. The van der Waals surface area contributed by atoms with Gasteiger partial charge in [0.2, 0.25) is 0 Å². The third kappa shape index (κ3) is 4.17. The lowest BCUT2D eigenvalue weighted by Gasteiger charge is -2.02. The Balaban J connectivity index is 3.27. The van der Waals surface area contributed by atoms with Crippen molar-refractivity contribution < 1.29 is 9.90 Å². The van der Waals surface area contributed by atoms with Crippen LogP contribution in [-0.2, 0) is 4.79 Å². The molecule has 0 aliphatic carbocycles. The molecule has 52 valence electrons. The fourth-order valence-corrected chi connectivity index (χ4v) is 1.02. The third-order valence-electron chi connectivity index (χ3n) is 1.02. The van der Waals surface area contributed by atoms with Gasteiger partial charge in [0.25, 0.3) is 0 Å². The third-order valence-corrected chi connectivity index (χ3v) is 1.81. The zero-order valence-corrected chi connectivity index (χ0v) is 6.42. The van der Waals surface area contributed by atoms with Crippen molar-refractivity contribution in [1.29, 1.82) is 0 Å². The van der Waals surface area contributed by atoms with Gasteiger partial charge in [-0.25, -0.2) is 0 Å². The van der Waals surface area contributed by atoms with Gasteiger partial charge < -0.3 is 10.8 Å². The summed E-state index contributed by atoms with van der Waals surface area (Å²) in [6.45, 7) is 2.04. The molecule has 0 heterocycles. The van der Waals surface area contributed by atoms with Gasteiger partial charge in [0.05, 0.1) is 0 Å². The van der Waals surface area contributed by atoms with Crippen LogP contribution in [0.1, 0.15) is 6.42 Å². The molecule has 3 N–H and O–H groups in total. The molecule has 9 heavy (non-hydrogen) atoms. The first-order valence-electron chi connectivity index (χ1n) is 2.81. The summed E-state index contributed by atoms with van der Waals surface area (Å²) in [4.78, 5) is 10.1. The molecule has 0 fully saturated rings. The van der Waals surface area contributed by atoms with Crippen LogP contribution in [0.15, 0.2) is 0 Å². The van der Waals surface area contributed by atoms with Gasteiger partial charge in [0.15, 0.2) is 0 Å². The van der Waals surface area contributed by atoms with Crippen LogP contribution in [0.2, 0.25) is 12.6 Å². The molecular weight excluding hydrogens is 134 g/mol. The Labute approximate surface area is 57.1 Å². The average molecular weight is 145 g/mol. The van der Waals surface area contributed by atoms with Gasteiger partial charge in [-0.3, -0.25) is 4.79 Å². The molecule has 3 nitrogen and oxygen atoms in total. The van der Waals surface area contributed by atoms with E-state index in [0.717, 1.165) is 15.6 Å². The van der Waals surface area contributed by atoms with Gasteiger partial charge in [-0.1, -0.05) is 12.6 Å². The highest BCUT2D eigenvalue weighted by Crippen LogP contribution is 1.93. The van der Waals surface area contributed by atoms with Gasteiger partial charge in [0.1, 0.15) is 6.04 Å². The molecule has 1 unspecified atom stereocenters. The fraction of sp³-hybridized carbons (Fsp3) is 0.800. The molecule has 0 aromatic rings. The van der Waals surface area contributed by atoms with E-state index in [4.69, 9.17) is 10.8 Å². The van der Waals surface area contributed by atoms with Crippen molar-refractivity contribution in [3.8, 4) is 0 Å². The number of rotatable bonds is 4. The van der Waals surface area contributed by atoms with Gasteiger partial charge in [0, 0.05) is 9.52 Å². The van der Waals surface area contributed by atoms with E-state index >= 15 is 0 Å². The minimum Gasteiger partial charge on any atom is -0.480 e. The van der Waals surface area contributed by atoms with E-state index in [1.807, 2.05) is 6.55 Å². The second-order valence-electron chi connectivity index (χ2n) is 1.84. The maximum Gasteiger partial charge on any atom is 0.320 e. The van der Waals surface area contributed by atoms with E-state index < -0.39 is 12.0 Å². The molecule has 0 aliphatic heterocycles. The quantitative estimate of drug-likeness (QED) is 0.545. The molecule has 0 saturated carbocycles. The predicted molar refractivity (Wildman–Crippen MR) is 36.7 cm³/mol. The van der Waals surface area contributed by atoms with E-state index in [1.54, 1.807) is 0 Å². The maximum absolute atomic E-state index is 10.1. The Kier molecular flexibility index (Phi) is 4.34. The van der Waals surface area contributed by atoms with Crippen LogP contribution in [-0.4, -0.2) is 26.6 Å². The molecule has 0 aromatic heterocycles. The molecule has 0 aliphatic rings. The van der Waals surface area contributed by atoms with Crippen molar-refractivity contribution in [2.24, 2.45) is 5.73 Å². The number of aliphatic carboxylic acids is 1. The average Bonchev–Trinajstić information content (AvgIpc) is 1.82. The minimum absolute atomic E-state index is 0.601. The van der Waals surface area contributed by atoms with Crippen LogP contribution in [0.3, 0.4) is 0 Å². The highest BCUT2D eigenvalue weighted by Gasteiger charge is 2.08. The summed E-state index contributed by atoms with van der Waals surface area (Å²) in [6, 6.07) is 0.269. The summed E-state index contributed by atoms with van der Waals surface area (Å²) >= 11 is 0. The second kappa shape index (κ2) is 4.52. The van der Waals surface area contributed by atoms with E-state index in [-0.39, 0.29) is 0 Å². The first-order valence-corrected chi connectivity index (χ1v) is 4.52. The molecule has 0 spiro atoms. The number of hydrogen-bond acceptors (Lipinski definition) is 2. The van der Waals surface area contributed by atoms with E-state index in [1.165, 1.54) is 0 Å². The summed E-state index contributed by atoms with van der Waals surface area (Å²) in [7, 11) is 0.800. The summed E-state index contributed by atoms with van der Waals surface area (Å²) in [6.07, 6.45) is 0.601. The number of carbonyl (C=O) groups is 1. The first-order chi connectivity index (χ1) is 4.18. The standard InChI is InChI=1S/C5H11NO2Si/c1-9-3-2-4(6)5(7)8/h4H,2-3,6H2,1H3,(H,7,8). The predicted octanol–water partition coefficient (Wildman–Crippen LogP) is -0.0410. The molecule has 0 amide bonds. The Morgan fingerprint density at radius 3 is 2.78 bits per heavy atom. The number of hydrogen-bond donors (Lipinski definition) is 2. The van der Waals surface area contributed by atoms with E-state index in [2.05, 4.69) is 0 Å². The topological polar surface area (TPSA) is 63.3 Å². The van der Waals surface area contributed by atoms with Crippen molar-refractivity contribution in [2.45, 2.75) is 25.1 Å². The molecule has 1 atom stereocenters. The van der Waals surface area contributed by atoms with Crippen molar-refractivity contribution in [1.82, 2.24) is 0 Å². The fourth-order valence-electron chi connectivity index (χ4n) is 0.423. The number of carboxylic acid groups (broad SMARTS) is 1. The Hall–Kier alpha value is -0.353. The number of nitrogens with two attached hydrogens (primary N) is 1. The van der Waals surface area contributed by atoms with Gasteiger partial charge >= 0.3 is 5.97 Å². The molecule has 0 bridgehead atoms. The molecule has 0 rings (SSSR count). The van der Waals surface area contributed by atoms with Crippen LogP contribution in [0.25, 0.3) is 0 Å². The van der Waals surface area contributed by atoms with Crippen LogP contribution in [0, 0.1) is 0 Å². The summed E-state index contributed by atoms with van der Waals surface area (Å²) < 4.78 is 0. The molecular formula is C5H11NO2Si. The molecule has 0 aromatic carbocycles. The summed E-state index contributed by atoms with van der Waals surface area (Å²) in [5.41, 5.74) is 5.21. The Bertz CT molecular complexity index is 97.0. The zero-order valence-electron chi connectivity index (χ0n) is 5.42. The first kappa shape index (κ1) is 8.65. The van der Waals surface area contributed by atoms with Gasteiger partial charge in [-0.15, -0.1) is 0 Å². The minimum atomic E-state index is -0.895. The SMILES string of the molecule is C[Si]CCC(N)C(=O)O. The lowest BCUT2D eigenvalue weighted by Crippen LogP contribution is -2.29. The highest BCUT2D eigenvalue weighted by atomic mass is 28.2. The highest BCUT2D eigenvalue weighted by molar-refractivity contribution is 6.33.